The van der Waals surface area contributed by atoms with Crippen molar-refractivity contribution in [2.24, 2.45) is 0 Å². The van der Waals surface area contributed by atoms with Crippen LogP contribution < -0.4 is 14.9 Å². The van der Waals surface area contributed by atoms with E-state index in [0.29, 0.717) is 17.9 Å². The van der Waals surface area contributed by atoms with Crippen LogP contribution in [0.2, 0.25) is 0 Å². The Labute approximate surface area is 260 Å². The molecule has 1 unspecified atom stereocenters. The standard InChI is InChI=1S/C34H45N2O7P/c1-7-41-33(38)21-35-44(40,36-31(34(39)42-8-2)20-26-12-10-9-11-13-26)22-43-28-16-24(5)30(25(6)17-28)19-27-14-15-32(37)29(18-27)23(3)4/h9-18,23,31,37H,7-8,19-22H2,1-6H3,(H2,35,36,40)/t31-,44?/m0/s1. The summed E-state index contributed by atoms with van der Waals surface area (Å²) in [5.41, 5.74) is 5.97. The van der Waals surface area contributed by atoms with Gasteiger partial charge in [0.25, 0.3) is 0 Å². The van der Waals surface area contributed by atoms with E-state index in [-0.39, 0.29) is 38.4 Å². The first-order valence-corrected chi connectivity index (χ1v) is 16.9. The summed E-state index contributed by atoms with van der Waals surface area (Å²) in [5, 5.41) is 15.9. The first-order valence-electron chi connectivity index (χ1n) is 15.0. The largest absolute Gasteiger partial charge is 0.508 e. The van der Waals surface area contributed by atoms with Crippen molar-refractivity contribution in [1.29, 1.82) is 0 Å². The molecule has 3 N–H and O–H groups in total. The predicted octanol–water partition coefficient (Wildman–Crippen LogP) is 6.17. The van der Waals surface area contributed by atoms with E-state index in [9.17, 15) is 19.3 Å². The van der Waals surface area contributed by atoms with E-state index in [1.807, 2.05) is 82.3 Å². The van der Waals surface area contributed by atoms with E-state index >= 15 is 0 Å². The summed E-state index contributed by atoms with van der Waals surface area (Å²) in [6, 6.07) is 17.9. The van der Waals surface area contributed by atoms with Crippen LogP contribution in [-0.2, 0) is 36.5 Å². The Bertz CT molecular complexity index is 1440. The molecule has 0 bridgehead atoms. The highest BCUT2D eigenvalue weighted by Crippen LogP contribution is 2.38. The number of hydrogen-bond acceptors (Lipinski definition) is 7. The number of phenols is 1. The van der Waals surface area contributed by atoms with Crippen LogP contribution in [0.1, 0.15) is 67.0 Å². The summed E-state index contributed by atoms with van der Waals surface area (Å²) in [7, 11) is -3.70. The van der Waals surface area contributed by atoms with Gasteiger partial charge in [0.15, 0.2) is 6.35 Å². The molecule has 3 rings (SSSR count). The maximum Gasteiger partial charge on any atom is 0.323 e. The molecule has 0 amide bonds. The molecule has 0 aliphatic heterocycles. The molecular weight excluding hydrogens is 579 g/mol. The van der Waals surface area contributed by atoms with E-state index in [1.165, 1.54) is 0 Å². The van der Waals surface area contributed by atoms with Crippen molar-refractivity contribution in [1.82, 2.24) is 10.2 Å². The molecule has 2 atom stereocenters. The number of hydrogen-bond donors (Lipinski definition) is 3. The minimum atomic E-state index is -3.70. The fourth-order valence-corrected chi connectivity index (χ4v) is 6.59. The van der Waals surface area contributed by atoms with E-state index in [1.54, 1.807) is 19.9 Å². The topological polar surface area (TPSA) is 123 Å². The Morgan fingerprint density at radius 1 is 0.909 bits per heavy atom. The van der Waals surface area contributed by atoms with Gasteiger partial charge in [-0.15, -0.1) is 0 Å². The van der Waals surface area contributed by atoms with Gasteiger partial charge in [-0.05, 0) is 98.0 Å². The molecule has 0 heterocycles. The highest BCUT2D eigenvalue weighted by atomic mass is 31.2. The van der Waals surface area contributed by atoms with Crippen molar-refractivity contribution in [3.8, 4) is 11.5 Å². The fraction of sp³-hybridized carbons (Fsp3) is 0.412. The summed E-state index contributed by atoms with van der Waals surface area (Å²) in [6.07, 6.45) is 0.582. The van der Waals surface area contributed by atoms with Crippen molar-refractivity contribution >= 4 is 19.4 Å². The third-order valence-corrected chi connectivity index (χ3v) is 9.07. The van der Waals surface area contributed by atoms with Crippen molar-refractivity contribution < 1.29 is 33.5 Å². The third-order valence-electron chi connectivity index (χ3n) is 7.18. The van der Waals surface area contributed by atoms with Gasteiger partial charge in [-0.25, -0.2) is 10.2 Å². The summed E-state index contributed by atoms with van der Waals surface area (Å²) in [6.45, 7) is 11.5. The number of benzene rings is 3. The van der Waals surface area contributed by atoms with Gasteiger partial charge in [0, 0.05) is 0 Å². The summed E-state index contributed by atoms with van der Waals surface area (Å²) in [4.78, 5) is 25.1. The monoisotopic (exact) mass is 624 g/mol. The van der Waals surface area contributed by atoms with Crippen LogP contribution in [0, 0.1) is 13.8 Å². The molecule has 0 aliphatic carbocycles. The lowest BCUT2D eigenvalue weighted by atomic mass is 9.93. The second kappa shape index (κ2) is 16.4. The number of rotatable bonds is 16. The number of aryl methyl sites for hydroxylation is 2. The molecule has 238 valence electrons. The maximum atomic E-state index is 14.2. The molecule has 44 heavy (non-hydrogen) atoms. The van der Waals surface area contributed by atoms with Gasteiger partial charge in [-0.1, -0.05) is 56.3 Å². The molecule has 3 aromatic carbocycles. The minimum absolute atomic E-state index is 0.163. The molecule has 3 aromatic rings. The average Bonchev–Trinajstić information content (AvgIpc) is 2.98. The zero-order chi connectivity index (χ0) is 32.3. The number of nitrogens with one attached hydrogen (secondary N) is 2. The van der Waals surface area contributed by atoms with Crippen LogP contribution >= 0.6 is 7.44 Å². The Morgan fingerprint density at radius 3 is 2.18 bits per heavy atom. The molecule has 0 aliphatic rings. The lowest BCUT2D eigenvalue weighted by molar-refractivity contribution is -0.145. The molecule has 0 spiro atoms. The third kappa shape index (κ3) is 10.2. The van der Waals surface area contributed by atoms with Crippen LogP contribution in [0.25, 0.3) is 0 Å². The molecule has 0 aromatic heterocycles. The number of aromatic hydroxyl groups is 1. The van der Waals surface area contributed by atoms with E-state index < -0.39 is 25.4 Å². The lowest BCUT2D eigenvalue weighted by Gasteiger charge is -2.26. The second-order valence-corrected chi connectivity index (χ2v) is 13.3. The van der Waals surface area contributed by atoms with E-state index in [4.69, 9.17) is 14.2 Å². The summed E-state index contributed by atoms with van der Waals surface area (Å²) in [5.74, 6) is -0.125. The Balaban J connectivity index is 1.83. The smallest absolute Gasteiger partial charge is 0.323 e. The Hall–Kier alpha value is -3.65. The highest BCUT2D eigenvalue weighted by Gasteiger charge is 2.32. The lowest BCUT2D eigenvalue weighted by Crippen LogP contribution is -2.42. The highest BCUT2D eigenvalue weighted by molar-refractivity contribution is 7.59. The van der Waals surface area contributed by atoms with Gasteiger partial charge >= 0.3 is 11.9 Å². The SMILES string of the molecule is CCOC(=O)CNP(=O)(COc1cc(C)c(Cc2ccc(O)c(C(C)C)c2)c(C)c1)N[C@@H](Cc1ccccc1)C(=O)OCC. The van der Waals surface area contributed by atoms with E-state index in [2.05, 4.69) is 10.2 Å². The first-order chi connectivity index (χ1) is 20.9. The zero-order valence-corrected chi connectivity index (χ0v) is 27.4. The van der Waals surface area contributed by atoms with Crippen molar-refractivity contribution in [3.05, 3.63) is 94.0 Å². The fourth-order valence-electron chi connectivity index (χ4n) is 4.92. The average molecular weight is 625 g/mol. The molecule has 0 radical (unpaired) electrons. The number of carbonyl (C=O) groups excluding carboxylic acids is 2. The normalized spacial score (nSPS) is 13.2. The molecule has 0 fully saturated rings. The van der Waals surface area contributed by atoms with Gasteiger partial charge in [0.05, 0.1) is 13.2 Å². The van der Waals surface area contributed by atoms with Gasteiger partial charge in [-0.2, -0.15) is 0 Å². The van der Waals surface area contributed by atoms with Gasteiger partial charge in [-0.3, -0.25) is 14.2 Å². The molecular formula is C34H45N2O7P. The minimum Gasteiger partial charge on any atom is -0.508 e. The Morgan fingerprint density at radius 2 is 1.57 bits per heavy atom. The number of carbonyl (C=O) groups is 2. The van der Waals surface area contributed by atoms with Crippen LogP contribution in [0.15, 0.2) is 60.7 Å². The second-order valence-electron chi connectivity index (χ2n) is 11.0. The summed E-state index contributed by atoms with van der Waals surface area (Å²) >= 11 is 0. The number of esters is 2. The first kappa shape index (κ1) is 34.8. The van der Waals surface area contributed by atoms with Crippen LogP contribution in [0.5, 0.6) is 11.5 Å². The zero-order valence-electron chi connectivity index (χ0n) is 26.5. The van der Waals surface area contributed by atoms with Crippen LogP contribution in [0.3, 0.4) is 0 Å². The summed E-state index contributed by atoms with van der Waals surface area (Å²) < 4.78 is 30.6. The maximum absolute atomic E-state index is 14.2. The van der Waals surface area contributed by atoms with Gasteiger partial charge in [0.2, 0.25) is 7.44 Å². The number of phenolic OH excluding ortho intramolecular Hbond substituents is 1. The molecule has 0 saturated carbocycles. The van der Waals surface area contributed by atoms with E-state index in [0.717, 1.165) is 33.4 Å². The van der Waals surface area contributed by atoms with Crippen molar-refractivity contribution in [2.75, 3.05) is 26.1 Å². The van der Waals surface area contributed by atoms with Crippen LogP contribution in [0.4, 0.5) is 0 Å². The molecule has 0 saturated heterocycles. The molecule has 9 nitrogen and oxygen atoms in total. The quantitative estimate of drug-likeness (QED) is 0.127. The van der Waals surface area contributed by atoms with Crippen molar-refractivity contribution in [3.63, 3.8) is 0 Å². The van der Waals surface area contributed by atoms with Gasteiger partial charge in [0.1, 0.15) is 24.1 Å². The number of ether oxygens (including phenoxy) is 3. The predicted molar refractivity (Wildman–Crippen MR) is 172 cm³/mol. The van der Waals surface area contributed by atoms with Crippen LogP contribution in [-0.4, -0.2) is 49.2 Å². The van der Waals surface area contributed by atoms with Crippen molar-refractivity contribution in [2.45, 2.75) is 66.3 Å². The Kier molecular flexibility index (Phi) is 13.0. The van der Waals surface area contributed by atoms with Gasteiger partial charge < -0.3 is 19.3 Å². The molecule has 10 heteroatoms.